The molecule has 0 aliphatic carbocycles. The van der Waals surface area contributed by atoms with E-state index in [-0.39, 0.29) is 5.91 Å². The highest BCUT2D eigenvalue weighted by Gasteiger charge is 2.03. The van der Waals surface area contributed by atoms with Gasteiger partial charge in [0.05, 0.1) is 6.54 Å². The van der Waals surface area contributed by atoms with Gasteiger partial charge in [0, 0.05) is 23.9 Å². The van der Waals surface area contributed by atoms with E-state index in [0.29, 0.717) is 6.54 Å². The summed E-state index contributed by atoms with van der Waals surface area (Å²) in [6, 6.07) is 16.6. The average molecular weight is 335 g/mol. The normalized spacial score (nSPS) is 11.0. The van der Waals surface area contributed by atoms with Crippen LogP contribution in [0, 0.1) is 13.8 Å². The minimum atomic E-state index is -0.00332. The molecule has 25 heavy (non-hydrogen) atoms. The van der Waals surface area contributed by atoms with Gasteiger partial charge in [-0.25, -0.2) is 0 Å². The Balaban J connectivity index is 1.40. The third-order valence-corrected chi connectivity index (χ3v) is 4.22. The van der Waals surface area contributed by atoms with Crippen LogP contribution in [0.25, 0.3) is 10.9 Å². The van der Waals surface area contributed by atoms with Crippen molar-refractivity contribution in [3.05, 3.63) is 65.9 Å². The van der Waals surface area contributed by atoms with E-state index in [2.05, 4.69) is 57.8 Å². The number of nitrogens with one attached hydrogen (secondary N) is 2. The maximum absolute atomic E-state index is 12.0. The highest BCUT2D eigenvalue weighted by molar-refractivity contribution is 5.92. The van der Waals surface area contributed by atoms with Gasteiger partial charge in [-0.2, -0.15) is 0 Å². The number of amides is 1. The summed E-state index contributed by atoms with van der Waals surface area (Å²) in [6.07, 6.45) is 3.10. The molecule has 0 fully saturated rings. The Labute approximate surface area is 148 Å². The van der Waals surface area contributed by atoms with Crippen LogP contribution in [0.15, 0.2) is 54.7 Å². The molecular formula is C21H25N3O. The van der Waals surface area contributed by atoms with Crippen molar-refractivity contribution in [2.45, 2.75) is 26.8 Å². The molecule has 4 heteroatoms. The van der Waals surface area contributed by atoms with Gasteiger partial charge < -0.3 is 15.2 Å². The van der Waals surface area contributed by atoms with Gasteiger partial charge in [0.25, 0.3) is 0 Å². The molecule has 0 atom stereocenters. The Morgan fingerprint density at radius 3 is 2.60 bits per heavy atom. The minimum Gasteiger partial charge on any atom is -0.347 e. The molecule has 0 spiro atoms. The molecule has 2 N–H and O–H groups in total. The number of aryl methyl sites for hydroxylation is 3. The molecule has 0 saturated carbocycles. The predicted molar refractivity (Wildman–Crippen MR) is 104 cm³/mol. The zero-order valence-electron chi connectivity index (χ0n) is 14.9. The van der Waals surface area contributed by atoms with Gasteiger partial charge in [0.1, 0.15) is 0 Å². The molecule has 3 aromatic rings. The molecule has 0 aliphatic heterocycles. The molecule has 0 bridgehead atoms. The van der Waals surface area contributed by atoms with Crippen molar-refractivity contribution >= 4 is 22.5 Å². The Morgan fingerprint density at radius 1 is 1.04 bits per heavy atom. The Kier molecular flexibility index (Phi) is 5.51. The molecular weight excluding hydrogens is 310 g/mol. The topological polar surface area (TPSA) is 46.1 Å². The zero-order valence-corrected chi connectivity index (χ0v) is 14.9. The molecule has 4 nitrogen and oxygen atoms in total. The van der Waals surface area contributed by atoms with E-state index in [1.807, 2.05) is 26.0 Å². The second-order valence-electron chi connectivity index (χ2n) is 6.52. The van der Waals surface area contributed by atoms with Crippen LogP contribution in [0.4, 0.5) is 5.69 Å². The van der Waals surface area contributed by atoms with Crippen LogP contribution in [0.5, 0.6) is 0 Å². The lowest BCUT2D eigenvalue weighted by molar-refractivity contribution is -0.115. The van der Waals surface area contributed by atoms with E-state index < -0.39 is 0 Å². The minimum absolute atomic E-state index is 0.00332. The Morgan fingerprint density at radius 2 is 1.80 bits per heavy atom. The molecule has 0 unspecified atom stereocenters. The Bertz CT molecular complexity index is 846. The highest BCUT2D eigenvalue weighted by atomic mass is 16.1. The van der Waals surface area contributed by atoms with Crippen LogP contribution >= 0.6 is 0 Å². The quantitative estimate of drug-likeness (QED) is 0.644. The smallest absolute Gasteiger partial charge is 0.238 e. The van der Waals surface area contributed by atoms with Crippen molar-refractivity contribution in [3.63, 3.8) is 0 Å². The molecule has 1 heterocycles. The van der Waals surface area contributed by atoms with Gasteiger partial charge in [0.15, 0.2) is 0 Å². The van der Waals surface area contributed by atoms with Crippen molar-refractivity contribution in [3.8, 4) is 0 Å². The van der Waals surface area contributed by atoms with Gasteiger partial charge in [-0.1, -0.05) is 24.3 Å². The lowest BCUT2D eigenvalue weighted by atomic mass is 10.1. The van der Waals surface area contributed by atoms with Crippen LogP contribution in [0.2, 0.25) is 0 Å². The lowest BCUT2D eigenvalue weighted by Crippen LogP contribution is -2.29. The number of rotatable bonds is 7. The molecule has 0 aliphatic rings. The highest BCUT2D eigenvalue weighted by Crippen LogP contribution is 2.15. The predicted octanol–water partition coefficient (Wildman–Crippen LogP) is 3.88. The number of carbonyl (C=O) groups is 1. The number of aromatic nitrogens is 1. The number of anilines is 1. The molecule has 1 aromatic heterocycles. The summed E-state index contributed by atoms with van der Waals surface area (Å²) in [5, 5.41) is 7.43. The molecule has 2 aromatic carbocycles. The fourth-order valence-corrected chi connectivity index (χ4v) is 3.16. The average Bonchev–Trinajstić information content (AvgIpc) is 2.97. The molecule has 0 radical (unpaired) electrons. The van der Waals surface area contributed by atoms with Crippen LogP contribution in [-0.4, -0.2) is 23.6 Å². The molecule has 3 rings (SSSR count). The first-order valence-corrected chi connectivity index (χ1v) is 8.74. The zero-order chi connectivity index (χ0) is 17.6. The van der Waals surface area contributed by atoms with Crippen LogP contribution < -0.4 is 10.6 Å². The summed E-state index contributed by atoms with van der Waals surface area (Å²) in [4.78, 5) is 12.0. The first-order chi connectivity index (χ1) is 12.1. The van der Waals surface area contributed by atoms with Crippen molar-refractivity contribution in [1.29, 1.82) is 0 Å². The summed E-state index contributed by atoms with van der Waals surface area (Å²) in [5.74, 6) is -0.00332. The second kappa shape index (κ2) is 7.99. The molecule has 0 saturated heterocycles. The van der Waals surface area contributed by atoms with Crippen LogP contribution in [0.3, 0.4) is 0 Å². The number of carbonyl (C=O) groups excluding carboxylic acids is 1. The van der Waals surface area contributed by atoms with Gasteiger partial charge in [0.2, 0.25) is 5.91 Å². The van der Waals surface area contributed by atoms with Gasteiger partial charge >= 0.3 is 0 Å². The first-order valence-electron chi connectivity index (χ1n) is 8.74. The summed E-state index contributed by atoms with van der Waals surface area (Å²) in [6.45, 7) is 6.16. The fraction of sp³-hybridized carbons (Fsp3) is 0.286. The largest absolute Gasteiger partial charge is 0.347 e. The standard InChI is InChI=1S/C21H25N3O/c1-16-12-17(2)14-19(13-16)23-21(25)15-22-9-5-10-24-11-8-18-6-3-4-7-20(18)24/h3-4,6-8,11-14,22H,5,9-10,15H2,1-2H3,(H,23,25). The van der Waals surface area contributed by atoms with Crippen LogP contribution in [-0.2, 0) is 11.3 Å². The van der Waals surface area contributed by atoms with Gasteiger partial charge in [-0.05, 0) is 67.6 Å². The van der Waals surface area contributed by atoms with Crippen LogP contribution in [0.1, 0.15) is 17.5 Å². The number of hydrogen-bond acceptors (Lipinski definition) is 2. The maximum atomic E-state index is 12.0. The second-order valence-corrected chi connectivity index (χ2v) is 6.52. The van der Waals surface area contributed by atoms with Crippen molar-refractivity contribution in [2.24, 2.45) is 0 Å². The van der Waals surface area contributed by atoms with Gasteiger partial charge in [-0.15, -0.1) is 0 Å². The summed E-state index contributed by atoms with van der Waals surface area (Å²) < 4.78 is 2.26. The van der Waals surface area contributed by atoms with Crippen molar-refractivity contribution in [1.82, 2.24) is 9.88 Å². The monoisotopic (exact) mass is 335 g/mol. The van der Waals surface area contributed by atoms with E-state index in [4.69, 9.17) is 0 Å². The van der Waals surface area contributed by atoms with Crippen molar-refractivity contribution < 1.29 is 4.79 Å². The van der Waals surface area contributed by atoms with E-state index in [9.17, 15) is 4.79 Å². The van der Waals surface area contributed by atoms with E-state index in [1.165, 1.54) is 10.9 Å². The molecule has 1 amide bonds. The number of para-hydroxylation sites is 1. The Hall–Kier alpha value is -2.59. The number of nitrogens with zero attached hydrogens (tertiary/aromatic N) is 1. The third kappa shape index (κ3) is 4.70. The van der Waals surface area contributed by atoms with Crippen molar-refractivity contribution in [2.75, 3.05) is 18.4 Å². The molecule has 130 valence electrons. The van der Waals surface area contributed by atoms with E-state index in [0.717, 1.165) is 36.3 Å². The summed E-state index contributed by atoms with van der Waals surface area (Å²) >= 11 is 0. The lowest BCUT2D eigenvalue weighted by Gasteiger charge is -2.09. The number of fused-ring (bicyclic) bond motifs is 1. The number of benzene rings is 2. The summed E-state index contributed by atoms with van der Waals surface area (Å²) in [7, 11) is 0. The summed E-state index contributed by atoms with van der Waals surface area (Å²) in [5.41, 5.74) is 4.43. The number of hydrogen-bond donors (Lipinski definition) is 2. The maximum Gasteiger partial charge on any atom is 0.238 e. The van der Waals surface area contributed by atoms with E-state index >= 15 is 0 Å². The van der Waals surface area contributed by atoms with E-state index in [1.54, 1.807) is 0 Å². The fourth-order valence-electron chi connectivity index (χ4n) is 3.16. The first kappa shape index (κ1) is 17.2. The van der Waals surface area contributed by atoms with Gasteiger partial charge in [-0.3, -0.25) is 4.79 Å². The third-order valence-electron chi connectivity index (χ3n) is 4.22. The SMILES string of the molecule is Cc1cc(C)cc(NC(=O)CNCCCn2ccc3ccccc32)c1.